The van der Waals surface area contributed by atoms with Crippen LogP contribution in [0.1, 0.15) is 24.8 Å². The van der Waals surface area contributed by atoms with Gasteiger partial charge in [0.05, 0.1) is 0 Å². The third-order valence-corrected chi connectivity index (χ3v) is 3.68. The van der Waals surface area contributed by atoms with Crippen LogP contribution in [0.4, 0.5) is 0 Å². The van der Waals surface area contributed by atoms with Gasteiger partial charge in [0.15, 0.2) is 0 Å². The van der Waals surface area contributed by atoms with Crippen LogP contribution in [-0.2, 0) is 6.54 Å². The summed E-state index contributed by atoms with van der Waals surface area (Å²) in [5, 5.41) is 3.74. The minimum absolute atomic E-state index is 0.322. The van der Waals surface area contributed by atoms with E-state index in [2.05, 4.69) is 29.6 Å². The Hall–Kier alpha value is -0.530. The smallest absolute Gasteiger partial charge is 0.0488 e. The number of hydrogen-bond acceptors (Lipinski definition) is 1. The van der Waals surface area contributed by atoms with Gasteiger partial charge in [-0.25, -0.2) is 0 Å². The maximum Gasteiger partial charge on any atom is 0.0488 e. The molecule has 0 amide bonds. The molecule has 1 unspecified atom stereocenters. The second-order valence-electron chi connectivity index (χ2n) is 4.32. The van der Waals surface area contributed by atoms with E-state index in [-0.39, 0.29) is 0 Å². The van der Waals surface area contributed by atoms with E-state index in [0.29, 0.717) is 5.38 Å². The van der Waals surface area contributed by atoms with Crippen LogP contribution in [0, 0.1) is 5.92 Å². The largest absolute Gasteiger partial charge is 0.311 e. The molecule has 1 aromatic carbocycles. The van der Waals surface area contributed by atoms with Crippen molar-refractivity contribution in [1.29, 1.82) is 0 Å². The first-order valence-corrected chi connectivity index (χ1v) is 6.18. The number of nitrogens with one attached hydrogen (secondary N) is 1. The topological polar surface area (TPSA) is 12.0 Å². The second kappa shape index (κ2) is 5.53. The molecule has 1 aromatic rings. The fraction of sp³-hybridized carbons (Fsp3) is 0.538. The van der Waals surface area contributed by atoms with E-state index in [9.17, 15) is 0 Å². The van der Waals surface area contributed by atoms with Crippen LogP contribution in [0.5, 0.6) is 0 Å². The zero-order valence-corrected chi connectivity index (χ0v) is 9.71. The molecule has 15 heavy (non-hydrogen) atoms. The van der Waals surface area contributed by atoms with Crippen molar-refractivity contribution < 1.29 is 0 Å². The van der Waals surface area contributed by atoms with Crippen molar-refractivity contribution in [3.63, 3.8) is 0 Å². The van der Waals surface area contributed by atoms with Crippen molar-refractivity contribution in [2.24, 2.45) is 5.92 Å². The van der Waals surface area contributed by atoms with Crippen LogP contribution in [0.3, 0.4) is 0 Å². The summed E-state index contributed by atoms with van der Waals surface area (Å²) in [5.41, 5.74) is 1.33. The van der Waals surface area contributed by atoms with Gasteiger partial charge in [-0.3, -0.25) is 0 Å². The van der Waals surface area contributed by atoms with Gasteiger partial charge in [0.1, 0.15) is 0 Å². The molecule has 1 saturated carbocycles. The molecule has 0 spiro atoms. The molecule has 0 radical (unpaired) electrons. The fourth-order valence-corrected chi connectivity index (χ4v) is 2.28. The average Bonchev–Trinajstić information content (AvgIpc) is 2.16. The molecule has 0 heterocycles. The normalized spacial score (nSPS) is 18.5. The van der Waals surface area contributed by atoms with Crippen LogP contribution in [-0.4, -0.2) is 11.9 Å². The predicted molar refractivity (Wildman–Crippen MR) is 65.1 cm³/mol. The highest BCUT2D eigenvalue weighted by molar-refractivity contribution is 6.21. The minimum Gasteiger partial charge on any atom is -0.311 e. The molecule has 2 heteroatoms. The van der Waals surface area contributed by atoms with Crippen molar-refractivity contribution in [2.75, 3.05) is 6.54 Å². The Kier molecular flexibility index (Phi) is 4.04. The lowest BCUT2D eigenvalue weighted by Crippen LogP contribution is -2.32. The van der Waals surface area contributed by atoms with E-state index >= 15 is 0 Å². The van der Waals surface area contributed by atoms with Crippen molar-refractivity contribution in [2.45, 2.75) is 31.2 Å². The first kappa shape index (κ1) is 11.0. The van der Waals surface area contributed by atoms with Crippen LogP contribution < -0.4 is 5.32 Å². The number of rotatable bonds is 5. The molecule has 1 aliphatic rings. The lowest BCUT2D eigenvalue weighted by Gasteiger charge is -2.29. The van der Waals surface area contributed by atoms with Crippen molar-refractivity contribution >= 4 is 11.6 Å². The Morgan fingerprint density at radius 3 is 2.60 bits per heavy atom. The van der Waals surface area contributed by atoms with Gasteiger partial charge < -0.3 is 5.32 Å². The molecular weight excluding hydrogens is 206 g/mol. The van der Waals surface area contributed by atoms with Crippen molar-refractivity contribution in [3.8, 4) is 0 Å². The quantitative estimate of drug-likeness (QED) is 0.757. The molecule has 1 atom stereocenters. The van der Waals surface area contributed by atoms with Gasteiger partial charge in [0, 0.05) is 18.5 Å². The summed E-state index contributed by atoms with van der Waals surface area (Å²) in [6, 6.07) is 10.5. The number of benzene rings is 1. The van der Waals surface area contributed by atoms with Crippen LogP contribution in [0.25, 0.3) is 0 Å². The highest BCUT2D eigenvalue weighted by Crippen LogP contribution is 2.32. The van der Waals surface area contributed by atoms with Gasteiger partial charge in [-0.1, -0.05) is 36.8 Å². The summed E-state index contributed by atoms with van der Waals surface area (Å²) < 4.78 is 0. The van der Waals surface area contributed by atoms with Gasteiger partial charge in [-0.15, -0.1) is 11.6 Å². The number of halogens is 1. The standard InChI is InChI=1S/C13H18ClN/c14-13(12-7-4-8-12)10-15-9-11-5-2-1-3-6-11/h1-3,5-6,12-13,15H,4,7-10H2. The Morgan fingerprint density at radius 1 is 1.27 bits per heavy atom. The summed E-state index contributed by atoms with van der Waals surface area (Å²) in [6.07, 6.45) is 4.01. The maximum absolute atomic E-state index is 6.29. The first-order valence-electron chi connectivity index (χ1n) is 5.75. The average molecular weight is 224 g/mol. The third kappa shape index (κ3) is 3.22. The van der Waals surface area contributed by atoms with Gasteiger partial charge in [0.2, 0.25) is 0 Å². The maximum atomic E-state index is 6.29. The molecule has 0 aliphatic heterocycles. The molecular formula is C13H18ClN. The molecule has 0 bridgehead atoms. The van der Waals surface area contributed by atoms with E-state index in [1.807, 2.05) is 6.07 Å². The van der Waals surface area contributed by atoms with E-state index in [1.165, 1.54) is 24.8 Å². The second-order valence-corrected chi connectivity index (χ2v) is 4.88. The molecule has 2 rings (SSSR count). The Morgan fingerprint density at radius 2 is 2.00 bits per heavy atom. The van der Waals surface area contributed by atoms with Gasteiger partial charge in [-0.05, 0) is 24.3 Å². The monoisotopic (exact) mass is 223 g/mol. The summed E-state index contributed by atoms with van der Waals surface area (Å²) in [4.78, 5) is 0. The molecule has 1 N–H and O–H groups in total. The molecule has 0 saturated heterocycles. The summed E-state index contributed by atoms with van der Waals surface area (Å²) in [6.45, 7) is 1.86. The molecule has 1 fully saturated rings. The lowest BCUT2D eigenvalue weighted by molar-refractivity contribution is 0.297. The molecule has 0 aromatic heterocycles. The summed E-state index contributed by atoms with van der Waals surface area (Å²) in [7, 11) is 0. The zero-order chi connectivity index (χ0) is 10.5. The van der Waals surface area contributed by atoms with Gasteiger partial charge in [0.25, 0.3) is 0 Å². The predicted octanol–water partition coefficient (Wildman–Crippen LogP) is 3.18. The van der Waals surface area contributed by atoms with E-state index in [0.717, 1.165) is 19.0 Å². The number of alkyl halides is 1. The first-order chi connectivity index (χ1) is 7.36. The zero-order valence-electron chi connectivity index (χ0n) is 8.95. The van der Waals surface area contributed by atoms with E-state index < -0.39 is 0 Å². The SMILES string of the molecule is ClC(CNCc1ccccc1)C1CCC1. The van der Waals surface area contributed by atoms with Gasteiger partial charge in [-0.2, -0.15) is 0 Å². The Labute approximate surface area is 96.8 Å². The summed E-state index contributed by atoms with van der Waals surface area (Å²) >= 11 is 6.29. The molecule has 82 valence electrons. The van der Waals surface area contributed by atoms with Crippen LogP contribution in [0.15, 0.2) is 30.3 Å². The third-order valence-electron chi connectivity index (χ3n) is 3.17. The Bertz CT molecular complexity index is 282. The van der Waals surface area contributed by atoms with Crippen LogP contribution in [0.2, 0.25) is 0 Å². The molecule has 1 nitrogen and oxygen atoms in total. The van der Waals surface area contributed by atoms with E-state index in [1.54, 1.807) is 0 Å². The number of hydrogen-bond donors (Lipinski definition) is 1. The fourth-order valence-electron chi connectivity index (χ4n) is 1.92. The summed E-state index contributed by atoms with van der Waals surface area (Å²) in [5.74, 6) is 0.759. The van der Waals surface area contributed by atoms with E-state index in [4.69, 9.17) is 11.6 Å². The highest BCUT2D eigenvalue weighted by atomic mass is 35.5. The lowest BCUT2D eigenvalue weighted by atomic mass is 9.82. The molecule has 1 aliphatic carbocycles. The van der Waals surface area contributed by atoms with Crippen LogP contribution >= 0.6 is 11.6 Å². The van der Waals surface area contributed by atoms with Crippen molar-refractivity contribution in [1.82, 2.24) is 5.32 Å². The highest BCUT2D eigenvalue weighted by Gasteiger charge is 2.24. The Balaban J connectivity index is 1.66. The van der Waals surface area contributed by atoms with Gasteiger partial charge >= 0.3 is 0 Å². The minimum atomic E-state index is 0.322. The van der Waals surface area contributed by atoms with Crippen molar-refractivity contribution in [3.05, 3.63) is 35.9 Å².